The summed E-state index contributed by atoms with van der Waals surface area (Å²) in [4.78, 5) is 16.4. The van der Waals surface area contributed by atoms with Gasteiger partial charge >= 0.3 is 0 Å². The van der Waals surface area contributed by atoms with Gasteiger partial charge < -0.3 is 24.2 Å². The van der Waals surface area contributed by atoms with E-state index in [1.165, 1.54) is 11.1 Å². The topological polar surface area (TPSA) is 71.5 Å². The molecule has 2 aromatic rings. The minimum atomic E-state index is -0.809. The molecule has 1 atom stereocenters. The van der Waals surface area contributed by atoms with Gasteiger partial charge in [-0.05, 0) is 69.0 Å². The molecule has 2 aromatic carbocycles. The zero-order valence-electron chi connectivity index (χ0n) is 21.0. The van der Waals surface area contributed by atoms with Crippen molar-refractivity contribution >= 4 is 5.91 Å². The summed E-state index contributed by atoms with van der Waals surface area (Å²) in [6.07, 6.45) is 2.35. The molecule has 0 bridgehead atoms. The zero-order valence-corrected chi connectivity index (χ0v) is 21.0. The molecule has 1 amide bonds. The Morgan fingerprint density at radius 3 is 2.51 bits per heavy atom. The quantitative estimate of drug-likeness (QED) is 0.622. The van der Waals surface area contributed by atoms with Crippen LogP contribution in [0, 0.1) is 13.8 Å². The lowest BCUT2D eigenvalue weighted by Gasteiger charge is -2.27. The van der Waals surface area contributed by atoms with Crippen LogP contribution in [0.5, 0.6) is 11.5 Å². The normalized spacial score (nSPS) is 21.4. The molecule has 2 fully saturated rings. The number of ether oxygens (including phenoxy) is 3. The molecule has 2 heterocycles. The summed E-state index contributed by atoms with van der Waals surface area (Å²) < 4.78 is 17.0. The molecule has 2 saturated heterocycles. The molecular weight excluding hydrogens is 444 g/mol. The highest BCUT2D eigenvalue weighted by molar-refractivity contribution is 5.77. The molecule has 7 heteroatoms. The highest BCUT2D eigenvalue weighted by Crippen LogP contribution is 2.27. The standard InChI is InChI=1S/C28H38N2O5/c1-22-4-9-26(23(2)18-22)35-21-28(32)10-3-12-29(13-11-28)19-24-5-7-25(8-6-24)34-20-27(31)30-14-16-33-17-15-30/h4-9,18,32H,3,10-17,19-21H2,1-2H3/t28-/m0/s1. The Morgan fingerprint density at radius 1 is 1.00 bits per heavy atom. The van der Waals surface area contributed by atoms with Crippen LogP contribution in [0.3, 0.4) is 0 Å². The predicted molar refractivity (Wildman–Crippen MR) is 135 cm³/mol. The molecule has 190 valence electrons. The van der Waals surface area contributed by atoms with Crippen LogP contribution in [-0.2, 0) is 16.1 Å². The van der Waals surface area contributed by atoms with Gasteiger partial charge in [0, 0.05) is 26.2 Å². The summed E-state index contributed by atoms with van der Waals surface area (Å²) in [5, 5.41) is 11.2. The van der Waals surface area contributed by atoms with Crippen LogP contribution >= 0.6 is 0 Å². The van der Waals surface area contributed by atoms with Crippen LogP contribution in [0.25, 0.3) is 0 Å². The summed E-state index contributed by atoms with van der Waals surface area (Å²) >= 11 is 0. The molecule has 0 aromatic heterocycles. The lowest BCUT2D eigenvalue weighted by atomic mass is 9.96. The van der Waals surface area contributed by atoms with E-state index in [4.69, 9.17) is 14.2 Å². The molecule has 0 spiro atoms. The van der Waals surface area contributed by atoms with E-state index in [2.05, 4.69) is 30.0 Å². The fourth-order valence-electron chi connectivity index (χ4n) is 4.71. The number of likely N-dealkylation sites (tertiary alicyclic amines) is 1. The maximum absolute atomic E-state index is 12.3. The predicted octanol–water partition coefficient (Wildman–Crippen LogP) is 3.34. The van der Waals surface area contributed by atoms with Crippen molar-refractivity contribution in [3.05, 3.63) is 59.2 Å². The van der Waals surface area contributed by atoms with Crippen LogP contribution in [0.2, 0.25) is 0 Å². The Hall–Kier alpha value is -2.61. The van der Waals surface area contributed by atoms with E-state index in [1.54, 1.807) is 4.90 Å². The first-order valence-electron chi connectivity index (χ1n) is 12.6. The maximum atomic E-state index is 12.3. The molecule has 4 rings (SSSR count). The molecule has 2 aliphatic heterocycles. The molecular formula is C28H38N2O5. The average molecular weight is 483 g/mol. The molecule has 0 saturated carbocycles. The third-order valence-corrected chi connectivity index (χ3v) is 6.89. The largest absolute Gasteiger partial charge is 0.490 e. The zero-order chi connectivity index (χ0) is 24.7. The van der Waals surface area contributed by atoms with Gasteiger partial charge in [-0.3, -0.25) is 9.69 Å². The van der Waals surface area contributed by atoms with Crippen LogP contribution < -0.4 is 9.47 Å². The van der Waals surface area contributed by atoms with E-state index in [0.717, 1.165) is 43.8 Å². The number of amides is 1. The first-order chi connectivity index (χ1) is 16.9. The van der Waals surface area contributed by atoms with Crippen LogP contribution in [0.4, 0.5) is 0 Å². The van der Waals surface area contributed by atoms with Crippen LogP contribution in [-0.4, -0.2) is 79.0 Å². The number of hydrogen-bond acceptors (Lipinski definition) is 6. The van der Waals surface area contributed by atoms with Crippen molar-refractivity contribution in [2.45, 2.75) is 45.3 Å². The van der Waals surface area contributed by atoms with Crippen molar-refractivity contribution in [2.75, 3.05) is 52.6 Å². The Kier molecular flexibility index (Phi) is 8.65. The number of carbonyl (C=O) groups excluding carboxylic acids is 1. The van der Waals surface area contributed by atoms with Gasteiger partial charge in [0.05, 0.1) is 18.8 Å². The number of rotatable bonds is 8. The number of morpholine rings is 1. The van der Waals surface area contributed by atoms with Crippen molar-refractivity contribution < 1.29 is 24.1 Å². The van der Waals surface area contributed by atoms with Gasteiger partial charge in [0.2, 0.25) is 0 Å². The first-order valence-corrected chi connectivity index (χ1v) is 12.6. The molecule has 0 unspecified atom stereocenters. The fourth-order valence-corrected chi connectivity index (χ4v) is 4.71. The Bertz CT molecular complexity index is 974. The number of aliphatic hydroxyl groups is 1. The Labute approximate surface area is 208 Å². The summed E-state index contributed by atoms with van der Waals surface area (Å²) in [6, 6.07) is 14.1. The highest BCUT2D eigenvalue weighted by atomic mass is 16.5. The molecule has 0 aliphatic carbocycles. The fraction of sp³-hybridized carbons (Fsp3) is 0.536. The summed E-state index contributed by atoms with van der Waals surface area (Å²) in [5.41, 5.74) is 2.69. The van der Waals surface area contributed by atoms with Crippen molar-refractivity contribution in [1.29, 1.82) is 0 Å². The van der Waals surface area contributed by atoms with E-state index < -0.39 is 5.60 Å². The number of carbonyl (C=O) groups is 1. The molecule has 35 heavy (non-hydrogen) atoms. The number of benzene rings is 2. The number of aryl methyl sites for hydroxylation is 2. The van der Waals surface area contributed by atoms with Gasteiger partial charge in [-0.25, -0.2) is 0 Å². The summed E-state index contributed by atoms with van der Waals surface area (Å²) in [5.74, 6) is 1.54. The minimum absolute atomic E-state index is 0.00375. The van der Waals surface area contributed by atoms with Gasteiger partial charge in [-0.1, -0.05) is 29.8 Å². The van der Waals surface area contributed by atoms with Gasteiger partial charge in [0.15, 0.2) is 6.61 Å². The highest BCUT2D eigenvalue weighted by Gasteiger charge is 2.31. The van der Waals surface area contributed by atoms with Crippen molar-refractivity contribution in [1.82, 2.24) is 9.80 Å². The van der Waals surface area contributed by atoms with Crippen molar-refractivity contribution in [3.8, 4) is 11.5 Å². The van der Waals surface area contributed by atoms with E-state index in [9.17, 15) is 9.90 Å². The third kappa shape index (κ3) is 7.43. The monoisotopic (exact) mass is 482 g/mol. The Morgan fingerprint density at radius 2 is 1.77 bits per heavy atom. The van der Waals surface area contributed by atoms with E-state index in [0.29, 0.717) is 45.1 Å². The molecule has 2 aliphatic rings. The molecule has 0 radical (unpaired) electrons. The van der Waals surface area contributed by atoms with E-state index >= 15 is 0 Å². The van der Waals surface area contributed by atoms with Gasteiger partial charge in [-0.15, -0.1) is 0 Å². The SMILES string of the molecule is Cc1ccc(OC[C@]2(O)CCCN(Cc3ccc(OCC(=O)N4CCOCC4)cc3)CC2)c(C)c1. The molecule has 7 nitrogen and oxygen atoms in total. The van der Waals surface area contributed by atoms with E-state index in [-0.39, 0.29) is 12.5 Å². The number of hydrogen-bond donors (Lipinski definition) is 1. The maximum Gasteiger partial charge on any atom is 0.260 e. The summed E-state index contributed by atoms with van der Waals surface area (Å²) in [6.45, 7) is 9.50. The summed E-state index contributed by atoms with van der Waals surface area (Å²) in [7, 11) is 0. The van der Waals surface area contributed by atoms with Crippen LogP contribution in [0.15, 0.2) is 42.5 Å². The van der Waals surface area contributed by atoms with Gasteiger partial charge in [0.1, 0.15) is 18.1 Å². The second-order valence-corrected chi connectivity index (χ2v) is 9.84. The third-order valence-electron chi connectivity index (χ3n) is 6.89. The second kappa shape index (κ2) is 11.9. The number of nitrogens with zero attached hydrogens (tertiary/aromatic N) is 2. The van der Waals surface area contributed by atoms with Gasteiger partial charge in [-0.2, -0.15) is 0 Å². The first kappa shape index (κ1) is 25.5. The van der Waals surface area contributed by atoms with E-state index in [1.807, 2.05) is 31.2 Å². The lowest BCUT2D eigenvalue weighted by molar-refractivity contribution is -0.137. The molecule has 1 N–H and O–H groups in total. The van der Waals surface area contributed by atoms with Crippen molar-refractivity contribution in [2.24, 2.45) is 0 Å². The smallest absolute Gasteiger partial charge is 0.260 e. The average Bonchev–Trinajstić information content (AvgIpc) is 3.05. The van der Waals surface area contributed by atoms with Crippen LogP contribution in [0.1, 0.15) is 36.0 Å². The lowest BCUT2D eigenvalue weighted by Crippen LogP contribution is -2.42. The van der Waals surface area contributed by atoms with Gasteiger partial charge in [0.25, 0.3) is 5.91 Å². The Balaban J connectivity index is 1.22. The minimum Gasteiger partial charge on any atom is -0.490 e. The second-order valence-electron chi connectivity index (χ2n) is 9.84. The van der Waals surface area contributed by atoms with Crippen molar-refractivity contribution in [3.63, 3.8) is 0 Å².